The molecule has 5 aliphatic rings. The summed E-state index contributed by atoms with van der Waals surface area (Å²) in [4.78, 5) is 28.1. The molecular weight excluding hydrogens is 574 g/mol. The van der Waals surface area contributed by atoms with Crippen LogP contribution in [0.5, 0.6) is 6.01 Å². The van der Waals surface area contributed by atoms with Crippen molar-refractivity contribution in [3.63, 3.8) is 0 Å². The number of hydrogen-bond donors (Lipinski definition) is 0. The summed E-state index contributed by atoms with van der Waals surface area (Å²) in [5.74, 6) is -0.551. The first kappa shape index (κ1) is 28.4. The third-order valence-electron chi connectivity index (χ3n) is 10.9. The number of piperazine rings is 1. The van der Waals surface area contributed by atoms with Gasteiger partial charge >= 0.3 is 6.01 Å². The molecule has 45 heavy (non-hydrogen) atoms. The van der Waals surface area contributed by atoms with Crippen LogP contribution in [-0.2, 0) is 11.2 Å². The lowest BCUT2D eigenvalue weighted by Gasteiger charge is -2.41. The summed E-state index contributed by atoms with van der Waals surface area (Å²) in [6.45, 7) is 6.53. The number of carbonyl (C=O) groups excluding carboxylic acids is 1. The van der Waals surface area contributed by atoms with Gasteiger partial charge in [-0.3, -0.25) is 9.69 Å². The second kappa shape index (κ2) is 10.8. The maximum atomic E-state index is 16.2. The predicted molar refractivity (Wildman–Crippen MR) is 166 cm³/mol. The lowest BCUT2D eigenvalue weighted by atomic mass is 9.93. The number of nitriles is 1. The van der Waals surface area contributed by atoms with E-state index in [1.54, 1.807) is 0 Å². The molecule has 0 bridgehead atoms. The Kier molecular flexibility index (Phi) is 6.79. The van der Waals surface area contributed by atoms with Crippen LogP contribution in [-0.4, -0.2) is 76.6 Å². The van der Waals surface area contributed by atoms with E-state index in [2.05, 4.69) is 23.6 Å². The average molecular weight is 611 g/mol. The number of nitrogens with zero attached hydrogens (tertiary/aromatic N) is 6. The summed E-state index contributed by atoms with van der Waals surface area (Å²) in [6, 6.07) is 11.3. The average Bonchev–Trinajstić information content (AvgIpc) is 3.32. The van der Waals surface area contributed by atoms with E-state index in [1.807, 2.05) is 23.1 Å². The number of hydrogen-bond acceptors (Lipinski definition) is 7. The molecule has 2 aliphatic carbocycles. The molecule has 1 aromatic heterocycles. The summed E-state index contributed by atoms with van der Waals surface area (Å²) in [7, 11) is 0. The fourth-order valence-electron chi connectivity index (χ4n) is 8.61. The number of amides is 1. The molecule has 2 unspecified atom stereocenters. The van der Waals surface area contributed by atoms with Crippen molar-refractivity contribution < 1.29 is 18.3 Å². The van der Waals surface area contributed by atoms with E-state index < -0.39 is 17.8 Å². The molecule has 4 fully saturated rings. The number of aromatic nitrogens is 2. The Bertz CT molecular complexity index is 1760. The van der Waals surface area contributed by atoms with Crippen LogP contribution >= 0.6 is 0 Å². The molecule has 10 heteroatoms. The summed E-state index contributed by atoms with van der Waals surface area (Å²) in [5, 5.41) is 10.1. The Balaban J connectivity index is 1.20. The van der Waals surface area contributed by atoms with Gasteiger partial charge < -0.3 is 14.5 Å². The minimum atomic E-state index is -1.05. The first-order chi connectivity index (χ1) is 21.8. The second-order valence-electron chi connectivity index (χ2n) is 13.4. The minimum Gasteiger partial charge on any atom is -0.461 e. The zero-order chi connectivity index (χ0) is 30.9. The largest absolute Gasteiger partial charge is 0.461 e. The SMILES string of the molecule is C=C(F)C(=O)N1CCN(c2nc(OCC34CCCN3CCC4)nc3cc(-c4cccc5c4C4CC4C5)c(F)cc23)C[C@@H]1CC#N. The van der Waals surface area contributed by atoms with Crippen LogP contribution in [0.25, 0.3) is 22.0 Å². The van der Waals surface area contributed by atoms with E-state index in [1.165, 1.54) is 22.1 Å². The lowest BCUT2D eigenvalue weighted by Crippen LogP contribution is -2.55. The Morgan fingerprint density at radius 3 is 2.73 bits per heavy atom. The van der Waals surface area contributed by atoms with Crippen molar-refractivity contribution in [2.45, 2.75) is 62.4 Å². The highest BCUT2D eigenvalue weighted by atomic mass is 19.1. The van der Waals surface area contributed by atoms with E-state index >= 15 is 4.39 Å². The monoisotopic (exact) mass is 610 g/mol. The Morgan fingerprint density at radius 1 is 1.13 bits per heavy atom. The minimum absolute atomic E-state index is 0.00350. The quantitative estimate of drug-likeness (QED) is 0.326. The number of benzene rings is 2. The van der Waals surface area contributed by atoms with E-state index in [4.69, 9.17) is 14.7 Å². The van der Waals surface area contributed by atoms with Gasteiger partial charge in [-0.25, -0.2) is 8.78 Å². The van der Waals surface area contributed by atoms with Crippen LogP contribution in [0.1, 0.15) is 55.6 Å². The molecule has 0 spiro atoms. The molecule has 2 aromatic carbocycles. The summed E-state index contributed by atoms with van der Waals surface area (Å²) in [6.07, 6.45) is 6.68. The zero-order valence-electron chi connectivity index (χ0n) is 25.3. The number of carbonyl (C=O) groups is 1. The second-order valence-corrected chi connectivity index (χ2v) is 13.4. The van der Waals surface area contributed by atoms with Crippen LogP contribution < -0.4 is 9.64 Å². The molecule has 0 radical (unpaired) electrons. The topological polar surface area (TPSA) is 85.6 Å². The summed E-state index contributed by atoms with van der Waals surface area (Å²) in [5.41, 5.74) is 4.61. The van der Waals surface area contributed by atoms with Crippen molar-refractivity contribution in [1.82, 2.24) is 19.8 Å². The molecule has 3 aromatic rings. The first-order valence-electron chi connectivity index (χ1n) is 16.1. The third kappa shape index (κ3) is 4.75. The van der Waals surface area contributed by atoms with Crippen molar-refractivity contribution in [3.05, 3.63) is 59.7 Å². The van der Waals surface area contributed by atoms with E-state index in [-0.39, 0.29) is 36.9 Å². The van der Waals surface area contributed by atoms with E-state index in [0.29, 0.717) is 47.3 Å². The molecule has 3 aliphatic heterocycles. The number of rotatable bonds is 7. The molecule has 1 saturated carbocycles. The van der Waals surface area contributed by atoms with Gasteiger partial charge in [-0.2, -0.15) is 15.2 Å². The predicted octanol–water partition coefficient (Wildman–Crippen LogP) is 5.52. The van der Waals surface area contributed by atoms with Crippen molar-refractivity contribution >= 4 is 22.6 Å². The maximum absolute atomic E-state index is 16.2. The van der Waals surface area contributed by atoms with Gasteiger partial charge in [0.05, 0.1) is 29.6 Å². The van der Waals surface area contributed by atoms with Crippen molar-refractivity contribution in [2.24, 2.45) is 5.92 Å². The fraction of sp³-hybridized carbons (Fsp3) is 0.486. The van der Waals surface area contributed by atoms with Gasteiger partial charge in [0.1, 0.15) is 18.2 Å². The molecule has 232 valence electrons. The molecule has 3 saturated heterocycles. The molecular formula is C35H36F2N6O2. The van der Waals surface area contributed by atoms with Gasteiger partial charge in [0.25, 0.3) is 5.91 Å². The molecule has 8 nitrogen and oxygen atoms in total. The molecule has 8 rings (SSSR count). The van der Waals surface area contributed by atoms with E-state index in [9.17, 15) is 14.4 Å². The highest BCUT2D eigenvalue weighted by Crippen LogP contribution is 2.58. The van der Waals surface area contributed by atoms with Gasteiger partial charge in [-0.1, -0.05) is 24.8 Å². The van der Waals surface area contributed by atoms with Gasteiger partial charge in [0.15, 0.2) is 5.83 Å². The van der Waals surface area contributed by atoms with Crippen LogP contribution in [0.4, 0.5) is 14.6 Å². The zero-order valence-corrected chi connectivity index (χ0v) is 25.3. The Morgan fingerprint density at radius 2 is 1.96 bits per heavy atom. The Labute approximate surface area is 261 Å². The van der Waals surface area contributed by atoms with Crippen LogP contribution in [0, 0.1) is 23.1 Å². The maximum Gasteiger partial charge on any atom is 0.319 e. The van der Waals surface area contributed by atoms with E-state index in [0.717, 1.165) is 57.2 Å². The van der Waals surface area contributed by atoms with Crippen molar-refractivity contribution in [3.8, 4) is 23.2 Å². The number of ether oxygens (including phenoxy) is 1. The highest BCUT2D eigenvalue weighted by molar-refractivity contribution is 5.94. The van der Waals surface area contributed by atoms with Crippen LogP contribution in [0.2, 0.25) is 0 Å². The molecule has 4 heterocycles. The highest BCUT2D eigenvalue weighted by Gasteiger charge is 2.47. The standard InChI is InChI=1S/C35H36F2N6O2/c1-21(36)33(44)43-14-13-41(19-24(43)7-10-38)32-28-17-29(37)27(25-6-2-5-22-15-23-16-26(23)31(22)25)18-30(28)39-34(40-32)45-20-35-8-3-11-42(35)12-4-9-35/h2,5-6,17-18,23-24,26H,1,3-4,7-9,11-16,19-20H2/t23?,24-,26?/m0/s1. The molecule has 3 atom stereocenters. The lowest BCUT2D eigenvalue weighted by molar-refractivity contribution is -0.131. The molecule has 0 N–H and O–H groups in total. The molecule has 1 amide bonds. The van der Waals surface area contributed by atoms with Gasteiger partial charge in [-0.15, -0.1) is 0 Å². The van der Waals surface area contributed by atoms with Crippen molar-refractivity contribution in [1.29, 1.82) is 5.26 Å². The smallest absolute Gasteiger partial charge is 0.319 e. The van der Waals surface area contributed by atoms with Crippen LogP contribution in [0.15, 0.2) is 42.7 Å². The summed E-state index contributed by atoms with van der Waals surface area (Å²) < 4.78 is 36.4. The number of anilines is 1. The fourth-order valence-corrected chi connectivity index (χ4v) is 8.61. The van der Waals surface area contributed by atoms with Gasteiger partial charge in [0.2, 0.25) is 0 Å². The van der Waals surface area contributed by atoms with Gasteiger partial charge in [-0.05, 0) is 92.3 Å². The number of fused-ring (bicyclic) bond motifs is 5. The normalized spacial score (nSPS) is 24.7. The van der Waals surface area contributed by atoms with Crippen LogP contribution in [0.3, 0.4) is 0 Å². The van der Waals surface area contributed by atoms with Crippen molar-refractivity contribution in [2.75, 3.05) is 44.2 Å². The third-order valence-corrected chi connectivity index (χ3v) is 10.9. The first-order valence-corrected chi connectivity index (χ1v) is 16.1. The summed E-state index contributed by atoms with van der Waals surface area (Å²) >= 11 is 0. The number of halogens is 2. The Hall–Kier alpha value is -4.10. The van der Waals surface area contributed by atoms with Gasteiger partial charge in [0, 0.05) is 30.6 Å².